The molecule has 0 bridgehead atoms. The second kappa shape index (κ2) is 5.31. The van der Waals surface area contributed by atoms with Crippen LogP contribution in [0.2, 0.25) is 0 Å². The lowest BCUT2D eigenvalue weighted by Gasteiger charge is -2.06. The number of aryl methyl sites for hydroxylation is 1. The predicted molar refractivity (Wildman–Crippen MR) is 53.2 cm³/mol. The number of anilines is 1. The first-order chi connectivity index (χ1) is 7.13. The fourth-order valence-corrected chi connectivity index (χ4v) is 0.963. The highest BCUT2D eigenvalue weighted by atomic mass is 19.1. The number of halogens is 1. The third-order valence-corrected chi connectivity index (χ3v) is 1.74. The maximum absolute atomic E-state index is 13.0. The fourth-order valence-electron chi connectivity index (χ4n) is 0.963. The lowest BCUT2D eigenvalue weighted by molar-refractivity contribution is 0.131. The molecule has 0 unspecified atom stereocenters. The highest BCUT2D eigenvalue weighted by Crippen LogP contribution is 2.13. The third-order valence-electron chi connectivity index (χ3n) is 1.74. The van der Waals surface area contributed by atoms with Gasteiger partial charge in [0.25, 0.3) is 0 Å². The summed E-state index contributed by atoms with van der Waals surface area (Å²) < 4.78 is 17.6. The molecule has 0 aliphatic carbocycles. The Hall–Kier alpha value is -1.62. The van der Waals surface area contributed by atoms with Crippen molar-refractivity contribution in [3.8, 4) is 0 Å². The zero-order valence-corrected chi connectivity index (χ0v) is 8.29. The van der Waals surface area contributed by atoms with Crippen molar-refractivity contribution >= 4 is 11.8 Å². The van der Waals surface area contributed by atoms with Crippen LogP contribution in [0.5, 0.6) is 0 Å². The molecule has 1 aromatic rings. The summed E-state index contributed by atoms with van der Waals surface area (Å²) in [6, 6.07) is 4.32. The molecule has 1 rings (SSSR count). The molecule has 0 aromatic heterocycles. The Labute approximate surface area is 86.7 Å². The van der Waals surface area contributed by atoms with E-state index in [0.717, 1.165) is 0 Å². The second-order valence-electron chi connectivity index (χ2n) is 2.95. The summed E-state index contributed by atoms with van der Waals surface area (Å²) in [4.78, 5) is 11.0. The van der Waals surface area contributed by atoms with E-state index < -0.39 is 11.9 Å². The summed E-state index contributed by atoms with van der Waals surface area (Å²) in [5, 5.41) is 10.7. The number of nitrogens with one attached hydrogen (secondary N) is 1. The van der Waals surface area contributed by atoms with Gasteiger partial charge in [-0.05, 0) is 24.6 Å². The maximum Gasteiger partial charge on any atom is 0.411 e. The Morgan fingerprint density at radius 2 is 2.33 bits per heavy atom. The Bertz CT molecular complexity index is 355. The number of hydrogen-bond donors (Lipinski definition) is 2. The average molecular weight is 213 g/mol. The fraction of sp³-hybridized carbons (Fsp3) is 0.300. The van der Waals surface area contributed by atoms with Crippen LogP contribution in [-0.4, -0.2) is 24.4 Å². The van der Waals surface area contributed by atoms with Gasteiger partial charge in [0.2, 0.25) is 0 Å². The Balaban J connectivity index is 2.57. The van der Waals surface area contributed by atoms with Gasteiger partial charge in [0.15, 0.2) is 0 Å². The molecule has 0 fully saturated rings. The van der Waals surface area contributed by atoms with Gasteiger partial charge in [-0.15, -0.1) is 0 Å². The lowest BCUT2D eigenvalue weighted by Crippen LogP contribution is -2.15. The van der Waals surface area contributed by atoms with Gasteiger partial charge in [0.1, 0.15) is 12.4 Å². The van der Waals surface area contributed by atoms with Crippen LogP contribution in [0.1, 0.15) is 5.56 Å². The number of ether oxygens (including phenoxy) is 1. The molecule has 0 aliphatic heterocycles. The highest BCUT2D eigenvalue weighted by Gasteiger charge is 2.04. The molecule has 0 radical (unpaired) electrons. The Morgan fingerprint density at radius 1 is 1.60 bits per heavy atom. The molecule has 0 saturated carbocycles. The maximum atomic E-state index is 13.0. The van der Waals surface area contributed by atoms with Crippen molar-refractivity contribution in [2.45, 2.75) is 6.92 Å². The number of rotatable bonds is 3. The molecule has 1 amide bonds. The Morgan fingerprint density at radius 3 is 2.93 bits per heavy atom. The number of amides is 1. The highest BCUT2D eigenvalue weighted by molar-refractivity contribution is 5.84. The van der Waals surface area contributed by atoms with Crippen LogP contribution in [0.25, 0.3) is 0 Å². The van der Waals surface area contributed by atoms with Crippen molar-refractivity contribution in [2.75, 3.05) is 18.5 Å². The largest absolute Gasteiger partial charge is 0.447 e. The van der Waals surface area contributed by atoms with Crippen LogP contribution < -0.4 is 5.32 Å². The number of hydrogen-bond acceptors (Lipinski definition) is 3. The van der Waals surface area contributed by atoms with Gasteiger partial charge >= 0.3 is 6.09 Å². The van der Waals surface area contributed by atoms with Crippen molar-refractivity contribution < 1.29 is 19.0 Å². The smallest absolute Gasteiger partial charge is 0.411 e. The Kier molecular flexibility index (Phi) is 4.05. The van der Waals surface area contributed by atoms with E-state index in [0.29, 0.717) is 11.3 Å². The van der Waals surface area contributed by atoms with Gasteiger partial charge in [-0.25, -0.2) is 9.18 Å². The standard InChI is InChI=1S/C10H12FNO3/c1-7-2-3-8(6-9(7)11)12-10(14)15-5-4-13/h2-3,6,13H,4-5H2,1H3,(H,12,14). The van der Waals surface area contributed by atoms with E-state index in [1.807, 2.05) is 0 Å². The van der Waals surface area contributed by atoms with E-state index in [1.165, 1.54) is 6.07 Å². The van der Waals surface area contributed by atoms with Crippen LogP contribution >= 0.6 is 0 Å². The van der Waals surface area contributed by atoms with Crippen LogP contribution in [0.3, 0.4) is 0 Å². The molecule has 0 atom stereocenters. The molecule has 2 N–H and O–H groups in total. The number of benzene rings is 1. The van der Waals surface area contributed by atoms with E-state index in [9.17, 15) is 9.18 Å². The van der Waals surface area contributed by atoms with Gasteiger partial charge < -0.3 is 9.84 Å². The van der Waals surface area contributed by atoms with E-state index >= 15 is 0 Å². The molecule has 0 aliphatic rings. The van der Waals surface area contributed by atoms with Crippen molar-refractivity contribution in [1.29, 1.82) is 0 Å². The van der Waals surface area contributed by atoms with E-state index in [1.54, 1.807) is 19.1 Å². The lowest BCUT2D eigenvalue weighted by atomic mass is 10.2. The van der Waals surface area contributed by atoms with Crippen LogP contribution in [0.4, 0.5) is 14.9 Å². The number of carbonyl (C=O) groups excluding carboxylic acids is 1. The minimum Gasteiger partial charge on any atom is -0.447 e. The molecule has 1 aromatic carbocycles. The normalized spacial score (nSPS) is 9.80. The summed E-state index contributed by atoms with van der Waals surface area (Å²) in [7, 11) is 0. The van der Waals surface area contributed by atoms with Crippen molar-refractivity contribution in [1.82, 2.24) is 0 Å². The SMILES string of the molecule is Cc1ccc(NC(=O)OCCO)cc1F. The van der Waals surface area contributed by atoms with Crippen molar-refractivity contribution in [3.63, 3.8) is 0 Å². The quantitative estimate of drug-likeness (QED) is 0.803. The summed E-state index contributed by atoms with van der Waals surface area (Å²) in [5.41, 5.74) is 0.824. The summed E-state index contributed by atoms with van der Waals surface area (Å²) in [5.74, 6) is -0.394. The van der Waals surface area contributed by atoms with Crippen LogP contribution in [-0.2, 0) is 4.74 Å². The zero-order valence-electron chi connectivity index (χ0n) is 8.29. The first-order valence-electron chi connectivity index (χ1n) is 4.44. The molecule has 15 heavy (non-hydrogen) atoms. The molecule has 0 spiro atoms. The average Bonchev–Trinajstić information content (AvgIpc) is 2.20. The third kappa shape index (κ3) is 3.55. The molecular formula is C10H12FNO3. The monoisotopic (exact) mass is 213 g/mol. The van der Waals surface area contributed by atoms with E-state index in [2.05, 4.69) is 10.1 Å². The number of carbonyl (C=O) groups is 1. The summed E-state index contributed by atoms with van der Waals surface area (Å²) >= 11 is 0. The zero-order chi connectivity index (χ0) is 11.3. The molecule has 0 heterocycles. The second-order valence-corrected chi connectivity index (χ2v) is 2.95. The van der Waals surface area contributed by atoms with Crippen LogP contribution in [0, 0.1) is 12.7 Å². The van der Waals surface area contributed by atoms with Gasteiger partial charge in [0, 0.05) is 5.69 Å². The number of aliphatic hydroxyl groups excluding tert-OH is 1. The topological polar surface area (TPSA) is 58.6 Å². The summed E-state index contributed by atoms with van der Waals surface area (Å²) in [6.45, 7) is 1.30. The minimum absolute atomic E-state index is 0.0832. The van der Waals surface area contributed by atoms with Crippen LogP contribution in [0.15, 0.2) is 18.2 Å². The summed E-state index contributed by atoms with van der Waals surface area (Å²) in [6.07, 6.45) is -0.715. The number of aliphatic hydroxyl groups is 1. The van der Waals surface area contributed by atoms with Crippen molar-refractivity contribution in [2.24, 2.45) is 0 Å². The van der Waals surface area contributed by atoms with E-state index in [4.69, 9.17) is 5.11 Å². The first-order valence-corrected chi connectivity index (χ1v) is 4.44. The van der Waals surface area contributed by atoms with Gasteiger partial charge in [0.05, 0.1) is 6.61 Å². The van der Waals surface area contributed by atoms with Gasteiger partial charge in [-0.2, -0.15) is 0 Å². The molecule has 5 heteroatoms. The van der Waals surface area contributed by atoms with Gasteiger partial charge in [-0.3, -0.25) is 5.32 Å². The minimum atomic E-state index is -0.715. The molecule has 82 valence electrons. The molecular weight excluding hydrogens is 201 g/mol. The first kappa shape index (κ1) is 11.5. The molecule has 4 nitrogen and oxygen atoms in total. The van der Waals surface area contributed by atoms with Gasteiger partial charge in [-0.1, -0.05) is 6.07 Å². The molecule has 0 saturated heterocycles. The predicted octanol–water partition coefficient (Wildman–Crippen LogP) is 1.67. The van der Waals surface area contributed by atoms with E-state index in [-0.39, 0.29) is 13.2 Å². The van der Waals surface area contributed by atoms with Crippen molar-refractivity contribution in [3.05, 3.63) is 29.6 Å².